The summed E-state index contributed by atoms with van der Waals surface area (Å²) in [6.07, 6.45) is 2.16. The van der Waals surface area contributed by atoms with Crippen molar-refractivity contribution in [3.05, 3.63) is 111 Å². The molecule has 8 heteroatoms. The number of nitrogens with one attached hydrogen (secondary N) is 1. The first-order valence-electron chi connectivity index (χ1n) is 17.1. The highest BCUT2D eigenvalue weighted by molar-refractivity contribution is 6.32. The van der Waals surface area contributed by atoms with Crippen molar-refractivity contribution < 1.29 is 23.9 Å². The van der Waals surface area contributed by atoms with Gasteiger partial charge in [-0.05, 0) is 72.4 Å². The van der Waals surface area contributed by atoms with Crippen molar-refractivity contribution in [1.29, 1.82) is 0 Å². The standard InChI is InChI=1S/C41H45ClN2O5/c1-7-48-34-18-27(17-28(42)39(34)49-24-35(47)43-29-16-12-11-13-25(29)2)36-37-30(19-40(3,4)21-32(37)45)44(23-26-14-9-8-10-15-26)31-20-41(5,6)22-33(46)38(31)36/h8-18,36H,7,19-24H2,1-6H3,(H,43,47). The number of rotatable bonds is 9. The SMILES string of the molecule is CCOc1cc(C2C3=C(CC(C)(C)CC3=O)N(Cc3ccccc3)C3=C2C(=O)CC(C)(C)C3)cc(Cl)c1OCC(=O)Nc1ccccc1C. The zero-order valence-electron chi connectivity index (χ0n) is 29.2. The summed E-state index contributed by atoms with van der Waals surface area (Å²) in [4.78, 5) is 43.7. The second-order valence-electron chi connectivity index (χ2n) is 15.0. The highest BCUT2D eigenvalue weighted by Gasteiger charge is 2.49. The zero-order chi connectivity index (χ0) is 35.1. The van der Waals surface area contributed by atoms with E-state index < -0.39 is 5.92 Å². The average Bonchev–Trinajstić information content (AvgIpc) is 3.02. The van der Waals surface area contributed by atoms with E-state index in [1.807, 2.05) is 62.4 Å². The summed E-state index contributed by atoms with van der Waals surface area (Å²) in [6, 6.07) is 21.3. The molecule has 0 spiro atoms. The van der Waals surface area contributed by atoms with E-state index in [-0.39, 0.29) is 45.7 Å². The van der Waals surface area contributed by atoms with E-state index in [4.69, 9.17) is 21.1 Å². The summed E-state index contributed by atoms with van der Waals surface area (Å²) in [7, 11) is 0. The summed E-state index contributed by atoms with van der Waals surface area (Å²) in [6.45, 7) is 12.9. The molecule has 256 valence electrons. The maximum Gasteiger partial charge on any atom is 0.262 e. The Morgan fingerprint density at radius 3 is 2.04 bits per heavy atom. The smallest absolute Gasteiger partial charge is 0.262 e. The van der Waals surface area contributed by atoms with Gasteiger partial charge in [0.1, 0.15) is 0 Å². The summed E-state index contributed by atoms with van der Waals surface area (Å²) < 4.78 is 12.1. The van der Waals surface area contributed by atoms with Crippen LogP contribution in [0.4, 0.5) is 5.69 Å². The van der Waals surface area contributed by atoms with Crippen molar-refractivity contribution in [3.63, 3.8) is 0 Å². The number of para-hydroxylation sites is 1. The summed E-state index contributed by atoms with van der Waals surface area (Å²) in [5.41, 5.74) is 6.23. The number of carbonyl (C=O) groups is 3. The van der Waals surface area contributed by atoms with Crippen LogP contribution in [-0.4, -0.2) is 35.6 Å². The number of anilines is 1. The van der Waals surface area contributed by atoms with Crippen LogP contribution in [-0.2, 0) is 20.9 Å². The van der Waals surface area contributed by atoms with E-state index in [1.54, 1.807) is 6.07 Å². The molecule has 7 nitrogen and oxygen atoms in total. The monoisotopic (exact) mass is 680 g/mol. The largest absolute Gasteiger partial charge is 0.490 e. The van der Waals surface area contributed by atoms with Crippen LogP contribution in [0.1, 0.15) is 82.9 Å². The number of nitrogens with zero attached hydrogens (tertiary/aromatic N) is 1. The van der Waals surface area contributed by atoms with Gasteiger partial charge in [-0.3, -0.25) is 14.4 Å². The molecule has 1 aliphatic heterocycles. The van der Waals surface area contributed by atoms with Crippen molar-refractivity contribution in [1.82, 2.24) is 4.90 Å². The highest BCUT2D eigenvalue weighted by atomic mass is 35.5. The Labute approximate surface area is 294 Å². The molecule has 0 aromatic heterocycles. The second kappa shape index (κ2) is 13.5. The fourth-order valence-corrected chi connectivity index (χ4v) is 7.81. The number of Topliss-reactive ketones (excluding diaryl/α,β-unsaturated/α-hetero) is 2. The third-order valence-electron chi connectivity index (χ3n) is 9.64. The minimum atomic E-state index is -0.598. The molecule has 3 aromatic carbocycles. The van der Waals surface area contributed by atoms with Crippen molar-refractivity contribution >= 4 is 34.8 Å². The van der Waals surface area contributed by atoms with Gasteiger partial charge in [0.05, 0.1) is 11.6 Å². The molecule has 0 radical (unpaired) electrons. The number of halogens is 1. The number of hydrogen-bond donors (Lipinski definition) is 1. The molecular weight excluding hydrogens is 636 g/mol. The van der Waals surface area contributed by atoms with Crippen molar-refractivity contribution in [2.75, 3.05) is 18.5 Å². The Kier molecular flexibility index (Phi) is 9.51. The third kappa shape index (κ3) is 7.18. The van der Waals surface area contributed by atoms with Gasteiger partial charge in [0.15, 0.2) is 29.7 Å². The zero-order valence-corrected chi connectivity index (χ0v) is 30.0. The Morgan fingerprint density at radius 2 is 1.45 bits per heavy atom. The van der Waals surface area contributed by atoms with E-state index >= 15 is 0 Å². The summed E-state index contributed by atoms with van der Waals surface area (Å²) in [5.74, 6) is -0.250. The lowest BCUT2D eigenvalue weighted by atomic mass is 9.63. The van der Waals surface area contributed by atoms with Gasteiger partial charge in [-0.2, -0.15) is 0 Å². The first-order valence-corrected chi connectivity index (χ1v) is 17.4. The van der Waals surface area contributed by atoms with Gasteiger partial charge in [-0.25, -0.2) is 0 Å². The lowest BCUT2D eigenvalue weighted by Crippen LogP contribution is -2.44. The maximum absolute atomic E-state index is 14.3. The number of carbonyl (C=O) groups excluding carboxylic acids is 3. The highest BCUT2D eigenvalue weighted by Crippen LogP contribution is 2.55. The van der Waals surface area contributed by atoms with Crippen LogP contribution in [0, 0.1) is 17.8 Å². The molecule has 0 saturated carbocycles. The Balaban J connectivity index is 1.44. The number of hydrogen-bond acceptors (Lipinski definition) is 6. The Bertz CT molecular complexity index is 1820. The molecule has 0 unspecified atom stereocenters. The minimum Gasteiger partial charge on any atom is -0.490 e. The predicted molar refractivity (Wildman–Crippen MR) is 193 cm³/mol. The third-order valence-corrected chi connectivity index (χ3v) is 9.92. The molecule has 1 amide bonds. The maximum atomic E-state index is 14.3. The second-order valence-corrected chi connectivity index (χ2v) is 15.4. The van der Waals surface area contributed by atoms with Crippen LogP contribution in [0.3, 0.4) is 0 Å². The molecule has 0 fully saturated rings. The molecular formula is C41H45ClN2O5. The Morgan fingerprint density at radius 1 is 0.857 bits per heavy atom. The molecule has 3 aliphatic rings. The van der Waals surface area contributed by atoms with Crippen molar-refractivity contribution in [2.45, 2.75) is 79.7 Å². The fourth-order valence-electron chi connectivity index (χ4n) is 7.53. The molecule has 6 rings (SSSR count). The quantitative estimate of drug-likeness (QED) is 0.243. The molecule has 1 heterocycles. The van der Waals surface area contributed by atoms with Crippen LogP contribution in [0.15, 0.2) is 89.3 Å². The fraction of sp³-hybridized carbons (Fsp3) is 0.390. The molecule has 3 aromatic rings. The number of benzene rings is 3. The average molecular weight is 681 g/mol. The lowest BCUT2D eigenvalue weighted by Gasteiger charge is -2.49. The number of amides is 1. The van der Waals surface area contributed by atoms with E-state index in [2.05, 4.69) is 50.0 Å². The van der Waals surface area contributed by atoms with Gasteiger partial charge >= 0.3 is 0 Å². The normalized spacial score (nSPS) is 18.6. The molecule has 1 N–H and O–H groups in total. The summed E-state index contributed by atoms with van der Waals surface area (Å²) >= 11 is 6.96. The minimum absolute atomic E-state index is 0.0424. The molecule has 49 heavy (non-hydrogen) atoms. The molecule has 2 aliphatic carbocycles. The van der Waals surface area contributed by atoms with Gasteiger partial charge in [-0.15, -0.1) is 0 Å². The van der Waals surface area contributed by atoms with Crippen LogP contribution in [0.25, 0.3) is 0 Å². The van der Waals surface area contributed by atoms with E-state index in [1.165, 1.54) is 0 Å². The van der Waals surface area contributed by atoms with Gasteiger partial charge in [0.25, 0.3) is 5.91 Å². The van der Waals surface area contributed by atoms with Gasteiger partial charge in [0.2, 0.25) is 0 Å². The van der Waals surface area contributed by atoms with E-state index in [9.17, 15) is 14.4 Å². The Hall–Kier alpha value is -4.36. The predicted octanol–water partition coefficient (Wildman–Crippen LogP) is 8.95. The number of ether oxygens (including phenoxy) is 2. The van der Waals surface area contributed by atoms with Gasteiger partial charge < -0.3 is 19.7 Å². The van der Waals surface area contributed by atoms with Crippen LogP contribution in [0.5, 0.6) is 11.5 Å². The molecule has 0 bridgehead atoms. The van der Waals surface area contributed by atoms with Crippen molar-refractivity contribution in [2.24, 2.45) is 10.8 Å². The first-order chi connectivity index (χ1) is 23.3. The number of ketones is 2. The number of allylic oxidation sites excluding steroid dienone is 4. The van der Waals surface area contributed by atoms with Crippen LogP contribution < -0.4 is 14.8 Å². The molecule has 0 saturated heterocycles. The van der Waals surface area contributed by atoms with E-state index in [0.29, 0.717) is 67.0 Å². The lowest BCUT2D eigenvalue weighted by molar-refractivity contribution is -0.120. The van der Waals surface area contributed by atoms with Crippen molar-refractivity contribution in [3.8, 4) is 11.5 Å². The number of aryl methyl sites for hydroxylation is 1. The van der Waals surface area contributed by atoms with Gasteiger partial charge in [-0.1, -0.05) is 87.8 Å². The summed E-state index contributed by atoms with van der Waals surface area (Å²) in [5, 5.41) is 3.12. The van der Waals surface area contributed by atoms with Gasteiger partial charge in [0, 0.05) is 53.5 Å². The first kappa shape index (κ1) is 34.5. The molecule has 0 atom stereocenters. The van der Waals surface area contributed by atoms with Crippen LogP contribution >= 0.6 is 11.6 Å². The topological polar surface area (TPSA) is 84.9 Å². The van der Waals surface area contributed by atoms with E-state index in [0.717, 1.165) is 22.5 Å². The van der Waals surface area contributed by atoms with Crippen LogP contribution in [0.2, 0.25) is 5.02 Å².